The van der Waals surface area contributed by atoms with Crippen molar-refractivity contribution >= 4 is 63.3 Å². The largest absolute Gasteiger partial charge is 0.494 e. The Morgan fingerprint density at radius 1 is 1.00 bits per heavy atom. The number of hydrogen-bond acceptors (Lipinski definition) is 5. The molecule has 0 atom stereocenters. The summed E-state index contributed by atoms with van der Waals surface area (Å²) in [6.45, 7) is 2.47. The van der Waals surface area contributed by atoms with Crippen molar-refractivity contribution in [3.8, 4) is 5.75 Å². The van der Waals surface area contributed by atoms with Crippen LogP contribution in [0.2, 0.25) is 10.0 Å². The van der Waals surface area contributed by atoms with Crippen LogP contribution in [0.15, 0.2) is 65.7 Å². The maximum absolute atomic E-state index is 13.3. The molecule has 0 bridgehead atoms. The van der Waals surface area contributed by atoms with E-state index in [0.717, 1.165) is 10.6 Å². The van der Waals surface area contributed by atoms with Crippen molar-refractivity contribution in [3.05, 3.63) is 80.6 Å². The van der Waals surface area contributed by atoms with Crippen LogP contribution in [0.25, 0.3) is 5.57 Å². The number of halogens is 2. The maximum atomic E-state index is 13.3. The van der Waals surface area contributed by atoms with Gasteiger partial charge in [0.15, 0.2) is 0 Å². The number of benzene rings is 2. The van der Waals surface area contributed by atoms with Gasteiger partial charge in [0, 0.05) is 10.6 Å². The Labute approximate surface area is 187 Å². The second-order valence-electron chi connectivity index (χ2n) is 6.35. The van der Waals surface area contributed by atoms with Gasteiger partial charge in [-0.2, -0.15) is 0 Å². The topological polar surface area (TPSA) is 58.6 Å². The minimum atomic E-state index is -0.462. The summed E-state index contributed by atoms with van der Waals surface area (Å²) in [7, 11) is 0. The van der Waals surface area contributed by atoms with Crippen LogP contribution in [0, 0.1) is 0 Å². The van der Waals surface area contributed by atoms with Crippen molar-refractivity contribution in [3.63, 3.8) is 0 Å². The molecule has 152 valence electrons. The van der Waals surface area contributed by atoms with E-state index in [4.69, 9.17) is 27.9 Å². The van der Waals surface area contributed by atoms with Gasteiger partial charge in [-0.05, 0) is 60.8 Å². The van der Waals surface area contributed by atoms with Gasteiger partial charge in [0.25, 0.3) is 11.8 Å². The molecule has 0 radical (unpaired) electrons. The standard InChI is InChI=1S/C22H16Cl2N2O3S/c1-2-29-15-8-5-13(6-9-15)25-20-19(18-4-3-11-30-18)21(27)26(22(20)28)14-7-10-16(23)17(24)12-14/h3-12,25H,2H2,1H3. The fraction of sp³-hybridized carbons (Fsp3) is 0.0909. The first-order chi connectivity index (χ1) is 14.5. The molecule has 4 rings (SSSR count). The minimum Gasteiger partial charge on any atom is -0.494 e. The van der Waals surface area contributed by atoms with Crippen molar-refractivity contribution in [1.82, 2.24) is 0 Å². The fourth-order valence-corrected chi connectivity index (χ4v) is 4.16. The van der Waals surface area contributed by atoms with E-state index in [1.54, 1.807) is 36.4 Å². The summed E-state index contributed by atoms with van der Waals surface area (Å²) in [6, 6.07) is 15.5. The number of nitrogens with one attached hydrogen (secondary N) is 1. The number of carbonyl (C=O) groups is 2. The SMILES string of the molecule is CCOc1ccc(NC2=C(c3cccs3)C(=O)N(c3ccc(Cl)c(Cl)c3)C2=O)cc1. The van der Waals surface area contributed by atoms with Gasteiger partial charge < -0.3 is 10.1 Å². The Hall–Kier alpha value is -2.80. The smallest absolute Gasteiger partial charge is 0.282 e. The van der Waals surface area contributed by atoms with Crippen LogP contribution in [0.4, 0.5) is 11.4 Å². The quantitative estimate of drug-likeness (QED) is 0.470. The molecule has 0 fully saturated rings. The average Bonchev–Trinajstić information content (AvgIpc) is 3.33. The van der Waals surface area contributed by atoms with Gasteiger partial charge in [0.1, 0.15) is 11.4 Å². The highest BCUT2D eigenvalue weighted by Gasteiger charge is 2.40. The zero-order valence-corrected chi connectivity index (χ0v) is 18.1. The number of ether oxygens (including phenoxy) is 1. The Morgan fingerprint density at radius 2 is 1.77 bits per heavy atom. The lowest BCUT2D eigenvalue weighted by atomic mass is 10.2. The lowest BCUT2D eigenvalue weighted by Crippen LogP contribution is -2.32. The molecule has 2 heterocycles. The third-order valence-corrected chi connectivity index (χ3v) is 6.07. The molecule has 1 N–H and O–H groups in total. The van der Waals surface area contributed by atoms with E-state index in [1.165, 1.54) is 17.4 Å². The van der Waals surface area contributed by atoms with Gasteiger partial charge in [-0.25, -0.2) is 4.90 Å². The van der Waals surface area contributed by atoms with Crippen molar-refractivity contribution in [2.75, 3.05) is 16.8 Å². The van der Waals surface area contributed by atoms with Gasteiger partial charge >= 0.3 is 0 Å². The molecule has 0 aliphatic carbocycles. The van der Waals surface area contributed by atoms with Crippen molar-refractivity contribution in [1.29, 1.82) is 0 Å². The van der Waals surface area contributed by atoms with E-state index in [-0.39, 0.29) is 10.7 Å². The van der Waals surface area contributed by atoms with E-state index >= 15 is 0 Å². The number of hydrogen-bond donors (Lipinski definition) is 1. The van der Waals surface area contributed by atoms with Crippen molar-refractivity contribution in [2.45, 2.75) is 6.92 Å². The lowest BCUT2D eigenvalue weighted by molar-refractivity contribution is -0.120. The highest BCUT2D eigenvalue weighted by Crippen LogP contribution is 2.37. The Kier molecular flexibility index (Phi) is 5.81. The van der Waals surface area contributed by atoms with Gasteiger partial charge in [0.05, 0.1) is 27.9 Å². The summed E-state index contributed by atoms with van der Waals surface area (Å²) >= 11 is 13.5. The van der Waals surface area contributed by atoms with E-state index in [9.17, 15) is 9.59 Å². The molecular formula is C22H16Cl2N2O3S. The van der Waals surface area contributed by atoms with E-state index in [2.05, 4.69) is 5.32 Å². The van der Waals surface area contributed by atoms with Crippen LogP contribution in [0.3, 0.4) is 0 Å². The van der Waals surface area contributed by atoms with Crippen LogP contribution in [-0.2, 0) is 9.59 Å². The fourth-order valence-electron chi connectivity index (χ4n) is 3.10. The predicted molar refractivity (Wildman–Crippen MR) is 121 cm³/mol. The van der Waals surface area contributed by atoms with Crippen molar-refractivity contribution < 1.29 is 14.3 Å². The first-order valence-electron chi connectivity index (χ1n) is 9.11. The molecule has 5 nitrogen and oxygen atoms in total. The summed E-state index contributed by atoms with van der Waals surface area (Å²) in [5, 5.41) is 5.58. The molecule has 3 aromatic rings. The van der Waals surface area contributed by atoms with Crippen LogP contribution in [0.1, 0.15) is 11.8 Å². The third-order valence-electron chi connectivity index (χ3n) is 4.45. The lowest BCUT2D eigenvalue weighted by Gasteiger charge is -2.16. The zero-order chi connectivity index (χ0) is 21.3. The second kappa shape index (κ2) is 8.52. The highest BCUT2D eigenvalue weighted by molar-refractivity contribution is 7.11. The monoisotopic (exact) mass is 458 g/mol. The Balaban J connectivity index is 1.73. The van der Waals surface area contributed by atoms with E-state index in [0.29, 0.717) is 33.5 Å². The molecule has 1 aromatic heterocycles. The number of carbonyl (C=O) groups excluding carboxylic acids is 2. The molecular weight excluding hydrogens is 443 g/mol. The number of rotatable bonds is 6. The molecule has 8 heteroatoms. The molecule has 2 aromatic carbocycles. The summed E-state index contributed by atoms with van der Waals surface area (Å²) in [4.78, 5) is 28.4. The second-order valence-corrected chi connectivity index (χ2v) is 8.12. The number of anilines is 2. The first kappa shape index (κ1) is 20.5. The summed E-state index contributed by atoms with van der Waals surface area (Å²) in [5.41, 5.74) is 1.55. The number of imide groups is 1. The summed E-state index contributed by atoms with van der Waals surface area (Å²) in [5.74, 6) is -0.160. The van der Waals surface area contributed by atoms with Crippen molar-refractivity contribution in [2.24, 2.45) is 0 Å². The van der Waals surface area contributed by atoms with E-state index < -0.39 is 11.8 Å². The predicted octanol–water partition coefficient (Wildman–Crippen LogP) is 5.85. The molecule has 1 aliphatic rings. The molecule has 0 unspecified atom stereocenters. The van der Waals surface area contributed by atoms with Crippen LogP contribution in [-0.4, -0.2) is 18.4 Å². The molecule has 0 saturated heterocycles. The minimum absolute atomic E-state index is 0.206. The normalized spacial score (nSPS) is 13.9. The summed E-state index contributed by atoms with van der Waals surface area (Å²) in [6.07, 6.45) is 0. The first-order valence-corrected chi connectivity index (χ1v) is 10.7. The van der Waals surface area contributed by atoms with Crippen LogP contribution < -0.4 is 15.0 Å². The van der Waals surface area contributed by atoms with Gasteiger partial charge in [-0.1, -0.05) is 29.3 Å². The molecule has 0 spiro atoms. The molecule has 0 saturated carbocycles. The number of nitrogens with zero attached hydrogens (tertiary/aromatic N) is 1. The highest BCUT2D eigenvalue weighted by atomic mass is 35.5. The van der Waals surface area contributed by atoms with Crippen LogP contribution >= 0.6 is 34.5 Å². The Morgan fingerprint density at radius 3 is 2.40 bits per heavy atom. The molecule has 2 amide bonds. The van der Waals surface area contributed by atoms with Gasteiger partial charge in [-0.15, -0.1) is 11.3 Å². The third kappa shape index (κ3) is 3.81. The average molecular weight is 459 g/mol. The zero-order valence-electron chi connectivity index (χ0n) is 15.8. The van der Waals surface area contributed by atoms with Crippen LogP contribution in [0.5, 0.6) is 5.75 Å². The molecule has 1 aliphatic heterocycles. The maximum Gasteiger partial charge on any atom is 0.282 e. The Bertz CT molecular complexity index is 1140. The summed E-state index contributed by atoms with van der Waals surface area (Å²) < 4.78 is 5.45. The molecule has 30 heavy (non-hydrogen) atoms. The van der Waals surface area contributed by atoms with Gasteiger partial charge in [0.2, 0.25) is 0 Å². The number of amides is 2. The van der Waals surface area contributed by atoms with Gasteiger partial charge in [-0.3, -0.25) is 9.59 Å². The van der Waals surface area contributed by atoms with E-state index in [1.807, 2.05) is 24.4 Å². The number of thiophene rings is 1.